The van der Waals surface area contributed by atoms with Gasteiger partial charge in [-0.2, -0.15) is 9.67 Å². The van der Waals surface area contributed by atoms with E-state index in [1.807, 2.05) is 62.4 Å². The zero-order chi connectivity index (χ0) is 32.4. The summed E-state index contributed by atoms with van der Waals surface area (Å²) in [5, 5.41) is 10.7. The molecule has 0 radical (unpaired) electrons. The molecule has 0 aliphatic heterocycles. The molecule has 5 rings (SSSR count). The summed E-state index contributed by atoms with van der Waals surface area (Å²) in [4.78, 5) is 57.5. The number of amides is 2. The number of primary amides is 2. The zero-order valence-corrected chi connectivity index (χ0v) is 26.2. The lowest BCUT2D eigenvalue weighted by Crippen LogP contribution is -2.32. The van der Waals surface area contributed by atoms with Crippen molar-refractivity contribution in [2.24, 2.45) is 21.6 Å². The lowest BCUT2D eigenvalue weighted by molar-refractivity contribution is 0.0988. The van der Waals surface area contributed by atoms with Crippen molar-refractivity contribution in [2.45, 2.75) is 25.9 Å². The molecule has 44 heavy (non-hydrogen) atoms. The summed E-state index contributed by atoms with van der Waals surface area (Å²) in [6.45, 7) is 3.69. The number of H-pyrrole nitrogens is 1. The second-order valence-corrected chi connectivity index (χ2v) is 10.6. The number of aromatic nitrogens is 7. The number of nitrogens with two attached hydrogens (primary N) is 2. The number of benzene rings is 2. The van der Waals surface area contributed by atoms with Gasteiger partial charge in [0.1, 0.15) is 6.33 Å². The van der Waals surface area contributed by atoms with E-state index in [9.17, 15) is 19.2 Å². The van der Waals surface area contributed by atoms with Gasteiger partial charge >= 0.3 is 5.69 Å². The third-order valence-corrected chi connectivity index (χ3v) is 6.96. The Bertz CT molecular complexity index is 1880. The molecule has 0 saturated carbocycles. The number of fused-ring (bicyclic) bond motifs is 1. The van der Waals surface area contributed by atoms with Gasteiger partial charge in [-0.25, -0.2) is 29.5 Å². The highest BCUT2D eigenvalue weighted by Crippen LogP contribution is 2.19. The number of aliphatic imine (C=N–C) groups is 1. The fourth-order valence-corrected chi connectivity index (χ4v) is 4.09. The molecule has 2 unspecified atom stereocenters. The number of aromatic amines is 1. The van der Waals surface area contributed by atoms with E-state index in [2.05, 4.69) is 67.2 Å². The topological polar surface area (TPSA) is 246 Å². The Morgan fingerprint density at radius 2 is 1.57 bits per heavy atom. The predicted molar refractivity (Wildman–Crippen MR) is 164 cm³/mol. The summed E-state index contributed by atoms with van der Waals surface area (Å²) >= 11 is 6.69. The van der Waals surface area contributed by atoms with Crippen LogP contribution in [0.1, 0.15) is 58.0 Å². The standard InChI is InChI=1S/C13H11BrN6O2.C9H8BrNO.C4H5N5O/c1-7(8-2-4-9(14)5-3-8)20-13(22)19-6-16-10(11(15)21)12(19)17-18-20;1-7(11-6-12)8-2-4-9(10)5-3-8;5-3(10)2-4(9-6)8-1-7-2/h2-7H,1H3,(H2,15,21);2-5,7H,1H3;1,6H,(H2,5,10)(H,7,8). The maximum absolute atomic E-state index is 12.5. The molecule has 0 saturated heterocycles. The van der Waals surface area contributed by atoms with E-state index in [0.717, 1.165) is 24.5 Å². The molecule has 0 spiro atoms. The molecular weight excluding hydrogens is 704 g/mol. The Kier molecular flexibility index (Phi) is 11.6. The number of carbonyl (C=O) groups excluding carboxylic acids is 3. The largest absolute Gasteiger partial charge is 0.364 e. The predicted octanol–water partition coefficient (Wildman–Crippen LogP) is 3.77. The van der Waals surface area contributed by atoms with E-state index < -0.39 is 17.5 Å². The van der Waals surface area contributed by atoms with Crippen LogP contribution in [-0.2, 0) is 4.79 Å². The van der Waals surface area contributed by atoms with Crippen LogP contribution in [0.4, 0.5) is 5.82 Å². The van der Waals surface area contributed by atoms with Crippen molar-refractivity contribution >= 4 is 61.2 Å². The Hall–Kier alpha value is -5.19. The molecule has 2 aromatic carbocycles. The van der Waals surface area contributed by atoms with Crippen LogP contribution in [0.3, 0.4) is 0 Å². The average molecular weight is 728 g/mol. The molecule has 16 nitrogen and oxygen atoms in total. The average Bonchev–Trinajstić information content (AvgIpc) is 3.67. The Labute approximate surface area is 265 Å². The van der Waals surface area contributed by atoms with Crippen LogP contribution in [0.2, 0.25) is 0 Å². The molecule has 2 amide bonds. The molecule has 2 atom stereocenters. The van der Waals surface area contributed by atoms with Crippen LogP contribution in [0.25, 0.3) is 5.65 Å². The Balaban J connectivity index is 0.000000202. The lowest BCUT2D eigenvalue weighted by atomic mass is 10.1. The van der Waals surface area contributed by atoms with Gasteiger partial charge in [0.2, 0.25) is 11.9 Å². The first-order chi connectivity index (χ1) is 21.0. The van der Waals surface area contributed by atoms with Crippen LogP contribution < -0.4 is 17.2 Å². The zero-order valence-electron chi connectivity index (χ0n) is 23.0. The molecule has 0 bridgehead atoms. The highest BCUT2D eigenvalue weighted by Gasteiger charge is 2.18. The van der Waals surface area contributed by atoms with Crippen molar-refractivity contribution in [1.29, 1.82) is 5.53 Å². The number of hydrogen-bond donors (Lipinski definition) is 4. The van der Waals surface area contributed by atoms with E-state index in [1.54, 1.807) is 6.08 Å². The van der Waals surface area contributed by atoms with Crippen LogP contribution in [0.15, 0.2) is 85.0 Å². The van der Waals surface area contributed by atoms with Crippen molar-refractivity contribution in [3.8, 4) is 0 Å². The summed E-state index contributed by atoms with van der Waals surface area (Å²) in [6, 6.07) is 14.8. The number of halogens is 2. The second-order valence-electron chi connectivity index (χ2n) is 8.72. The van der Waals surface area contributed by atoms with Gasteiger partial charge in [-0.3, -0.25) is 9.59 Å². The first-order valence-corrected chi connectivity index (χ1v) is 14.0. The lowest BCUT2D eigenvalue weighted by Gasteiger charge is -2.13. The van der Waals surface area contributed by atoms with Crippen LogP contribution >= 0.6 is 31.9 Å². The Morgan fingerprint density at radius 1 is 0.977 bits per heavy atom. The number of carbonyl (C=O) groups is 2. The van der Waals surface area contributed by atoms with E-state index in [0.29, 0.717) is 0 Å². The van der Waals surface area contributed by atoms with Gasteiger partial charge in [0.25, 0.3) is 11.8 Å². The van der Waals surface area contributed by atoms with E-state index in [-0.39, 0.29) is 34.9 Å². The summed E-state index contributed by atoms with van der Waals surface area (Å²) < 4.78 is 4.34. The second kappa shape index (κ2) is 15.3. The van der Waals surface area contributed by atoms with Crippen molar-refractivity contribution < 1.29 is 14.4 Å². The van der Waals surface area contributed by atoms with Gasteiger partial charge in [0.15, 0.2) is 17.0 Å². The molecule has 3 heterocycles. The van der Waals surface area contributed by atoms with Gasteiger partial charge in [-0.15, -0.1) is 10.2 Å². The SMILES string of the molecule is CC(N=C=O)c1ccc(Br)cc1.CC(c1ccc(Br)cc1)n1nnc2c(C(N)=O)ncn2c1=O.N=Nc1nc[nH]c1C(N)=O. The van der Waals surface area contributed by atoms with Crippen molar-refractivity contribution in [1.82, 2.24) is 34.3 Å². The minimum atomic E-state index is -0.755. The molecule has 0 aliphatic rings. The number of nitrogens with zero attached hydrogens (tertiary/aromatic N) is 8. The summed E-state index contributed by atoms with van der Waals surface area (Å²) in [6.07, 6.45) is 4.02. The first-order valence-electron chi connectivity index (χ1n) is 12.4. The van der Waals surface area contributed by atoms with Crippen molar-refractivity contribution in [3.63, 3.8) is 0 Å². The minimum absolute atomic E-state index is 0.0208. The van der Waals surface area contributed by atoms with E-state index in [4.69, 9.17) is 17.0 Å². The highest BCUT2D eigenvalue weighted by atomic mass is 79.9. The van der Waals surface area contributed by atoms with E-state index >= 15 is 0 Å². The van der Waals surface area contributed by atoms with Gasteiger partial charge in [-0.1, -0.05) is 61.3 Å². The fraction of sp³-hybridized carbons (Fsp3) is 0.154. The number of imidazole rings is 2. The maximum Gasteiger partial charge on any atom is 0.353 e. The van der Waals surface area contributed by atoms with Crippen LogP contribution in [0.5, 0.6) is 0 Å². The molecule has 0 aliphatic carbocycles. The number of nitrogens with one attached hydrogen (secondary N) is 2. The molecule has 5 aromatic rings. The summed E-state index contributed by atoms with van der Waals surface area (Å²) in [5.74, 6) is -1.40. The minimum Gasteiger partial charge on any atom is -0.364 e. The Morgan fingerprint density at radius 3 is 2.07 bits per heavy atom. The molecule has 0 fully saturated rings. The van der Waals surface area contributed by atoms with Crippen LogP contribution in [0, 0.1) is 5.53 Å². The molecule has 226 valence electrons. The quantitative estimate of drug-likeness (QED) is 0.109. The molecule has 3 aromatic heterocycles. The monoisotopic (exact) mass is 726 g/mol. The van der Waals surface area contributed by atoms with Gasteiger partial charge < -0.3 is 16.5 Å². The van der Waals surface area contributed by atoms with Gasteiger partial charge in [0, 0.05) is 8.95 Å². The first kappa shape index (κ1) is 33.3. The third kappa shape index (κ3) is 8.21. The van der Waals surface area contributed by atoms with Crippen molar-refractivity contribution in [2.75, 3.05) is 0 Å². The number of isocyanates is 1. The normalized spacial score (nSPS) is 11.5. The molecule has 6 N–H and O–H groups in total. The fourth-order valence-electron chi connectivity index (χ4n) is 3.56. The number of hydrogen-bond acceptors (Lipinski definition) is 11. The summed E-state index contributed by atoms with van der Waals surface area (Å²) in [5.41, 5.74) is 18.1. The van der Waals surface area contributed by atoms with Crippen LogP contribution in [-0.4, -0.2) is 52.2 Å². The summed E-state index contributed by atoms with van der Waals surface area (Å²) in [7, 11) is 0. The molecular formula is C26H24Br2N12O4. The highest BCUT2D eigenvalue weighted by molar-refractivity contribution is 9.10. The van der Waals surface area contributed by atoms with Gasteiger partial charge in [-0.05, 0) is 49.2 Å². The molecule has 18 heteroatoms. The number of rotatable bonds is 7. The maximum atomic E-state index is 12.5. The van der Waals surface area contributed by atoms with E-state index in [1.165, 1.54) is 17.3 Å². The third-order valence-electron chi connectivity index (χ3n) is 5.90. The van der Waals surface area contributed by atoms with Crippen molar-refractivity contribution in [3.05, 3.63) is 103 Å². The smallest absolute Gasteiger partial charge is 0.353 e. The van der Waals surface area contributed by atoms with Gasteiger partial charge in [0.05, 0.1) is 18.4 Å².